The zero-order valence-corrected chi connectivity index (χ0v) is 39.0. The van der Waals surface area contributed by atoms with Crippen molar-refractivity contribution in [3.05, 3.63) is 144 Å². The minimum absolute atomic E-state index is 0.0574. The van der Waals surface area contributed by atoms with Crippen LogP contribution in [0.2, 0.25) is 0 Å². The Hall–Kier alpha value is -6.79. The van der Waals surface area contributed by atoms with Crippen LogP contribution in [0.5, 0.6) is 17.2 Å². The normalized spacial score (nSPS) is 18.6. The molecule has 0 amide bonds. The average molecular weight is 926 g/mol. The second-order valence-corrected chi connectivity index (χ2v) is 19.6. The molecule has 3 atom stereocenters. The molecule has 0 bridgehead atoms. The lowest BCUT2D eigenvalue weighted by atomic mass is 10.1. The highest BCUT2D eigenvalue weighted by molar-refractivity contribution is 7.97. The number of rotatable bonds is 9. The number of phenols is 1. The third kappa shape index (κ3) is 11.3. The van der Waals surface area contributed by atoms with E-state index in [0.717, 1.165) is 57.2 Å². The number of carboxylic acid groups (broad SMARTS) is 1. The molecule has 3 aromatic carbocycles. The molecule has 18 heteroatoms. The molecule has 6 heterocycles. The number of allylic oxidation sites excluding steroid dienone is 2. The van der Waals surface area contributed by atoms with Crippen molar-refractivity contribution in [2.75, 3.05) is 47.3 Å². The fourth-order valence-corrected chi connectivity index (χ4v) is 11.5. The number of aromatic carboxylic acids is 1. The van der Waals surface area contributed by atoms with Gasteiger partial charge in [-0.2, -0.15) is 0 Å². The molecule has 0 aliphatic carbocycles. The first-order valence-electron chi connectivity index (χ1n) is 21.0. The maximum atomic E-state index is 12.1. The van der Waals surface area contributed by atoms with Crippen LogP contribution in [0.25, 0.3) is 5.69 Å². The van der Waals surface area contributed by atoms with Gasteiger partial charge in [-0.1, -0.05) is 32.1 Å². The number of carboxylic acids is 1. The van der Waals surface area contributed by atoms with E-state index in [1.807, 2.05) is 106 Å². The van der Waals surface area contributed by atoms with Gasteiger partial charge in [0.1, 0.15) is 29.0 Å². The van der Waals surface area contributed by atoms with Crippen molar-refractivity contribution in [2.45, 2.75) is 58.5 Å². The third-order valence-corrected chi connectivity index (χ3v) is 14.5. The Labute approximate surface area is 380 Å². The van der Waals surface area contributed by atoms with Crippen molar-refractivity contribution >= 4 is 48.6 Å². The Balaban J connectivity index is 0.000000163. The fourth-order valence-electron chi connectivity index (χ4n) is 7.45. The highest BCUT2D eigenvalue weighted by Gasteiger charge is 2.38. The van der Waals surface area contributed by atoms with Gasteiger partial charge in [-0.25, -0.2) is 26.6 Å². The lowest BCUT2D eigenvalue weighted by Crippen LogP contribution is -2.46. The molecule has 344 valence electrons. The summed E-state index contributed by atoms with van der Waals surface area (Å²) in [6.45, 7) is 10.3. The zero-order chi connectivity index (χ0) is 47.1. The van der Waals surface area contributed by atoms with Crippen LogP contribution in [0, 0.1) is 13.8 Å². The summed E-state index contributed by atoms with van der Waals surface area (Å²) in [5, 5.41) is 21.1. The van der Waals surface area contributed by atoms with E-state index >= 15 is 0 Å². The number of aryl methyl sites for hydroxylation is 2. The first kappa shape index (κ1) is 47.7. The number of fused-ring (bicyclic) bond motifs is 2. The van der Waals surface area contributed by atoms with E-state index < -0.39 is 31.1 Å². The van der Waals surface area contributed by atoms with Gasteiger partial charge in [0.05, 0.1) is 22.4 Å². The first-order chi connectivity index (χ1) is 31.0. The highest BCUT2D eigenvalue weighted by Crippen LogP contribution is 2.36. The molecule has 9 rings (SSSR count). The minimum atomic E-state index is -3.66. The molecule has 0 spiro atoms. The molecule has 0 radical (unpaired) electrons. The van der Waals surface area contributed by atoms with Gasteiger partial charge < -0.3 is 39.4 Å². The Kier molecular flexibility index (Phi) is 14.9. The third-order valence-electron chi connectivity index (χ3n) is 10.7. The van der Waals surface area contributed by atoms with Gasteiger partial charge in [-0.3, -0.25) is 9.71 Å². The number of nitrogens with zero attached hydrogens (tertiary/aromatic N) is 5. The van der Waals surface area contributed by atoms with Crippen LogP contribution < -0.4 is 24.4 Å². The molecule has 4 aliphatic rings. The van der Waals surface area contributed by atoms with Gasteiger partial charge in [0.25, 0.3) is 0 Å². The van der Waals surface area contributed by atoms with Gasteiger partial charge in [0, 0.05) is 66.5 Å². The molecule has 5 aromatic rings. The quantitative estimate of drug-likeness (QED) is 0.114. The van der Waals surface area contributed by atoms with Crippen molar-refractivity contribution in [2.24, 2.45) is 4.99 Å². The molecule has 1 fully saturated rings. The summed E-state index contributed by atoms with van der Waals surface area (Å²) in [5.74, 6) is 0.771. The predicted octanol–water partition coefficient (Wildman–Crippen LogP) is 7.36. The fraction of sp³-hybridized carbons (Fsp3) is 0.298. The van der Waals surface area contributed by atoms with Crippen molar-refractivity contribution in [3.63, 3.8) is 0 Å². The minimum Gasteiger partial charge on any atom is -0.507 e. The molecule has 1 saturated heterocycles. The van der Waals surface area contributed by atoms with Crippen molar-refractivity contribution in [3.8, 4) is 22.9 Å². The maximum absolute atomic E-state index is 12.1. The standard InChI is InChI=1S/C20H18N4O2.C13H13NO3.C12H18N2O4S2.C2H6/c1-13-5-4-7-18-23-19(15-6-2-3-10-21-15)20(24(13)18)22-14-8-9-16-17(11-14)26-12-25-16;1-8-3-4-9(2)14(8)10-5-6-12(15)11(7-10)13(16)17;1-14(2)11-5-3-10(4-6-11)13-20(17,18)12-7-8-19(15,16)9-12;1-2/h2-11,13,20,22H,12H2,1H3;3-7,15H,1-2H3,(H,16,17);3-6,12-13H,7-9H2,1-2H3;1-2H3. The Bertz CT molecular complexity index is 2790. The van der Waals surface area contributed by atoms with Crippen LogP contribution in [0.3, 0.4) is 0 Å². The molecule has 4 N–H and O–H groups in total. The summed E-state index contributed by atoms with van der Waals surface area (Å²) in [4.78, 5) is 24.5. The van der Waals surface area contributed by atoms with E-state index in [2.05, 4.69) is 39.0 Å². The number of aliphatic imine (C=N–C) groups is 1. The molecular formula is C47H55N7O9S2. The number of hydrogen-bond donors (Lipinski definition) is 4. The van der Waals surface area contributed by atoms with Gasteiger partial charge in [0.2, 0.25) is 16.8 Å². The molecule has 65 heavy (non-hydrogen) atoms. The average Bonchev–Trinajstić information content (AvgIpc) is 4.08. The number of carbonyl (C=O) groups is 1. The number of anilines is 3. The molecular weight excluding hydrogens is 871 g/mol. The van der Waals surface area contributed by atoms with E-state index in [9.17, 15) is 26.7 Å². The van der Waals surface area contributed by atoms with E-state index in [0.29, 0.717) is 5.69 Å². The van der Waals surface area contributed by atoms with Crippen molar-refractivity contribution in [1.29, 1.82) is 0 Å². The highest BCUT2D eigenvalue weighted by atomic mass is 32.2. The second kappa shape index (κ2) is 20.4. The Morgan fingerprint density at radius 3 is 2.23 bits per heavy atom. The molecule has 4 aliphatic heterocycles. The molecule has 3 unspecified atom stereocenters. The van der Waals surface area contributed by atoms with Crippen LogP contribution >= 0.6 is 0 Å². The number of aromatic hydroxyl groups is 1. The van der Waals surface area contributed by atoms with Crippen LogP contribution in [-0.4, -0.2) is 103 Å². The largest absolute Gasteiger partial charge is 0.507 e. The summed E-state index contributed by atoms with van der Waals surface area (Å²) in [5.41, 5.74) is 6.81. The van der Waals surface area contributed by atoms with Crippen LogP contribution in [0.15, 0.2) is 126 Å². The topological polar surface area (TPSA) is 205 Å². The summed E-state index contributed by atoms with van der Waals surface area (Å²) < 4.78 is 62.3. The van der Waals surface area contributed by atoms with Crippen LogP contribution in [0.1, 0.15) is 54.6 Å². The molecule has 0 saturated carbocycles. The van der Waals surface area contributed by atoms with Crippen molar-refractivity contribution in [1.82, 2.24) is 14.5 Å². The monoisotopic (exact) mass is 925 g/mol. The summed E-state index contributed by atoms with van der Waals surface area (Å²) in [6, 6.07) is 27.4. The van der Waals surface area contributed by atoms with E-state index in [4.69, 9.17) is 19.6 Å². The SMILES string of the molecule is CC.CC1C=CC=C2N=C(c3ccccn3)C(Nc3ccc4c(c3)OCO4)N21.CN(C)c1ccc(NS(=O)(=O)C2CCS(=O)(=O)C2)cc1.Cc1ccc(C)n1-c1ccc(O)c(C(=O)O)c1. The lowest BCUT2D eigenvalue weighted by molar-refractivity contribution is 0.0693. The number of ether oxygens (including phenoxy) is 2. The van der Waals surface area contributed by atoms with Gasteiger partial charge in [-0.05, 0) is 112 Å². The summed E-state index contributed by atoms with van der Waals surface area (Å²) in [7, 11) is -3.09. The van der Waals surface area contributed by atoms with E-state index in [1.165, 1.54) is 12.1 Å². The van der Waals surface area contributed by atoms with Gasteiger partial charge >= 0.3 is 5.97 Å². The lowest BCUT2D eigenvalue weighted by Gasteiger charge is -2.34. The maximum Gasteiger partial charge on any atom is 0.339 e. The van der Waals surface area contributed by atoms with Gasteiger partial charge in [0.15, 0.2) is 21.3 Å². The number of nitrogens with one attached hydrogen (secondary N) is 2. The first-order valence-corrected chi connectivity index (χ1v) is 24.4. The number of benzene rings is 3. The Morgan fingerprint density at radius 1 is 0.908 bits per heavy atom. The number of sulfone groups is 1. The molecule has 2 aromatic heterocycles. The van der Waals surface area contributed by atoms with Crippen LogP contribution in [-0.2, 0) is 19.9 Å². The van der Waals surface area contributed by atoms with Gasteiger partial charge in [-0.15, -0.1) is 0 Å². The number of sulfonamides is 1. The summed E-state index contributed by atoms with van der Waals surface area (Å²) in [6.07, 6.45) is 8.09. The van der Waals surface area contributed by atoms with E-state index in [1.54, 1.807) is 36.5 Å². The Morgan fingerprint density at radius 2 is 1.60 bits per heavy atom. The number of aromatic nitrogens is 2. The zero-order valence-electron chi connectivity index (χ0n) is 37.3. The van der Waals surface area contributed by atoms with E-state index in [-0.39, 0.29) is 48.2 Å². The number of hydrogen-bond acceptors (Lipinski definition) is 13. The predicted molar refractivity (Wildman–Crippen MR) is 255 cm³/mol. The van der Waals surface area contributed by atoms with Crippen molar-refractivity contribution < 1.29 is 41.3 Å². The molecule has 16 nitrogen and oxygen atoms in total. The summed E-state index contributed by atoms with van der Waals surface area (Å²) >= 11 is 0. The number of pyridine rings is 1. The second-order valence-electron chi connectivity index (χ2n) is 15.5. The van der Waals surface area contributed by atoms with Crippen LogP contribution in [0.4, 0.5) is 17.1 Å². The smallest absolute Gasteiger partial charge is 0.339 e.